The maximum atomic E-state index is 2.79. The molecule has 3 heteroatoms. The van der Waals surface area contributed by atoms with Gasteiger partial charge in [0.25, 0.3) is 0 Å². The summed E-state index contributed by atoms with van der Waals surface area (Å²) in [5.74, 6) is 1.16. The van der Waals surface area contributed by atoms with Crippen molar-refractivity contribution in [1.29, 1.82) is 0 Å². The van der Waals surface area contributed by atoms with E-state index in [4.69, 9.17) is 0 Å². The first kappa shape index (κ1) is 21.0. The third kappa shape index (κ3) is 5.34. The van der Waals surface area contributed by atoms with Crippen molar-refractivity contribution in [3.8, 4) is 0 Å². The van der Waals surface area contributed by atoms with Crippen LogP contribution in [0.3, 0.4) is 0 Å². The first-order valence-electron chi connectivity index (χ1n) is 9.95. The fourth-order valence-corrected chi connectivity index (χ4v) is 14.2. The van der Waals surface area contributed by atoms with E-state index in [1.165, 1.54) is 23.2 Å². The lowest BCUT2D eigenvalue weighted by molar-refractivity contribution is 0.593. The van der Waals surface area contributed by atoms with Crippen molar-refractivity contribution >= 4 is 22.2 Å². The normalized spacial score (nSPS) is 14.8. The maximum Gasteiger partial charge on any atom is 0.138 e. The second-order valence-electron chi connectivity index (χ2n) is 9.72. The minimum absolute atomic E-state index is 0.575. The van der Waals surface area contributed by atoms with Crippen molar-refractivity contribution in [1.82, 2.24) is 0 Å². The second kappa shape index (κ2) is 8.14. The van der Waals surface area contributed by atoms with E-state index in [9.17, 15) is 0 Å². The first-order valence-corrected chi connectivity index (χ1v) is 16.8. The highest BCUT2D eigenvalue weighted by Crippen LogP contribution is 2.32. The van der Waals surface area contributed by atoms with E-state index in [1.54, 1.807) is 0 Å². The van der Waals surface area contributed by atoms with Gasteiger partial charge in [0.15, 0.2) is 0 Å². The Kier molecular flexibility index (Phi) is 6.57. The average Bonchev–Trinajstić information content (AvgIpc) is 2.53. The van der Waals surface area contributed by atoms with Gasteiger partial charge in [-0.05, 0) is 41.5 Å². The van der Waals surface area contributed by atoms with Crippen molar-refractivity contribution in [3.63, 3.8) is 0 Å². The second-order valence-corrected chi connectivity index (χ2v) is 19.7. The number of hydrogen-bond acceptors (Lipinski definition) is 1. The molecule has 142 valence electrons. The van der Waals surface area contributed by atoms with Gasteiger partial charge in [0.1, 0.15) is 16.5 Å². The van der Waals surface area contributed by atoms with Gasteiger partial charge in [-0.1, -0.05) is 95.6 Å². The smallest absolute Gasteiger partial charge is 0.138 e. The van der Waals surface area contributed by atoms with Gasteiger partial charge < -0.3 is 4.23 Å². The van der Waals surface area contributed by atoms with E-state index in [0.717, 1.165) is 0 Å². The Labute approximate surface area is 163 Å². The van der Waals surface area contributed by atoms with E-state index in [2.05, 4.69) is 112 Å². The van der Waals surface area contributed by atoms with Crippen LogP contribution in [-0.2, 0) is 0 Å². The molecule has 0 aromatic heterocycles. The Morgan fingerprint density at radius 1 is 0.654 bits per heavy atom. The predicted octanol–water partition coefficient (Wildman–Crippen LogP) is 7.46. The molecule has 0 saturated heterocycles. The molecule has 0 saturated carbocycles. The lowest BCUT2D eigenvalue weighted by Gasteiger charge is -2.46. The molecule has 2 rings (SSSR count). The van der Waals surface area contributed by atoms with Crippen LogP contribution in [0, 0.1) is 0 Å². The van der Waals surface area contributed by atoms with Crippen LogP contribution in [0.1, 0.15) is 43.2 Å². The summed E-state index contributed by atoms with van der Waals surface area (Å²) < 4.78 is 2.79. The van der Waals surface area contributed by atoms with Gasteiger partial charge in [-0.2, -0.15) is 0 Å². The molecule has 0 spiro atoms. The van der Waals surface area contributed by atoms with Crippen molar-refractivity contribution < 1.29 is 0 Å². The molecule has 2 atom stereocenters. The monoisotopic (exact) mass is 383 g/mol. The van der Waals surface area contributed by atoms with Gasteiger partial charge in [0.05, 0.1) is 0 Å². The van der Waals surface area contributed by atoms with Crippen molar-refractivity contribution in [2.45, 2.75) is 71.4 Å². The molecule has 26 heavy (non-hydrogen) atoms. The summed E-state index contributed by atoms with van der Waals surface area (Å²) >= 11 is 0. The Hall–Kier alpha value is -1.33. The number of nitrogens with zero attached hydrogens (tertiary/aromatic N) is 1. The molecule has 2 aromatic carbocycles. The summed E-state index contributed by atoms with van der Waals surface area (Å²) in [6, 6.07) is 20.4. The highest BCUT2D eigenvalue weighted by molar-refractivity contribution is 6.99. The van der Waals surface area contributed by atoms with Gasteiger partial charge >= 0.3 is 0 Å². The van der Waals surface area contributed by atoms with E-state index in [-0.39, 0.29) is 0 Å². The summed E-state index contributed by atoms with van der Waals surface area (Å²) in [4.78, 5) is 0. The van der Waals surface area contributed by atoms with E-state index < -0.39 is 16.5 Å². The van der Waals surface area contributed by atoms with Gasteiger partial charge in [0.2, 0.25) is 0 Å². The van der Waals surface area contributed by atoms with Crippen LogP contribution in [0.15, 0.2) is 54.6 Å². The predicted molar refractivity (Wildman–Crippen MR) is 124 cm³/mol. The van der Waals surface area contributed by atoms with Gasteiger partial charge in [-0.15, -0.1) is 0 Å². The number of benzene rings is 2. The Bertz CT molecular complexity index is 667. The Morgan fingerprint density at radius 3 is 1.50 bits per heavy atom. The van der Waals surface area contributed by atoms with Gasteiger partial charge in [0, 0.05) is 5.69 Å². The molecule has 2 unspecified atom stereocenters. The topological polar surface area (TPSA) is 3.24 Å². The minimum Gasteiger partial charge on any atom is -0.425 e. The Balaban J connectivity index is 2.15. The van der Waals surface area contributed by atoms with Crippen LogP contribution in [0.25, 0.3) is 0 Å². The number of hydrogen-bond donors (Lipinski definition) is 0. The molecule has 0 aliphatic heterocycles. The molecular formula is C23H37NSi2. The molecule has 0 aliphatic carbocycles. The van der Waals surface area contributed by atoms with Crippen LogP contribution in [-0.4, -0.2) is 16.5 Å². The molecule has 0 bridgehead atoms. The lowest BCUT2D eigenvalue weighted by atomic mass is 9.87. The van der Waals surface area contributed by atoms with Crippen LogP contribution >= 0.6 is 0 Å². The molecule has 0 heterocycles. The standard InChI is InChI=1S/C23H37NSi2/c1-19(21-12-10-9-11-13-21)18-20(2)22-14-16-23(17-15-22)24(25(3,4)5)26(6,7)8/h9-17,19-20H,18H2,1-8H3. The molecule has 1 nitrogen and oxygen atoms in total. The molecule has 0 N–H and O–H groups in total. The summed E-state index contributed by atoms with van der Waals surface area (Å²) in [5.41, 5.74) is 4.33. The molecule has 2 aromatic rings. The molecule has 0 amide bonds. The zero-order valence-electron chi connectivity index (χ0n) is 18.0. The average molecular weight is 384 g/mol. The summed E-state index contributed by atoms with van der Waals surface area (Å²) in [7, 11) is -2.77. The van der Waals surface area contributed by atoms with Crippen LogP contribution in [0.5, 0.6) is 0 Å². The molecule has 0 fully saturated rings. The zero-order chi connectivity index (χ0) is 19.5. The fraction of sp³-hybridized carbons (Fsp3) is 0.478. The quantitative estimate of drug-likeness (QED) is 0.448. The third-order valence-corrected chi connectivity index (χ3v) is 12.4. The van der Waals surface area contributed by atoms with Gasteiger partial charge in [-0.3, -0.25) is 0 Å². The lowest BCUT2D eigenvalue weighted by Crippen LogP contribution is -2.59. The summed E-state index contributed by atoms with van der Waals surface area (Å²) in [6.07, 6.45) is 1.19. The van der Waals surface area contributed by atoms with E-state index in [1.807, 2.05) is 0 Å². The first-order chi connectivity index (χ1) is 12.0. The third-order valence-electron chi connectivity index (χ3n) is 5.14. The number of anilines is 1. The fourth-order valence-electron chi connectivity index (χ4n) is 4.32. The van der Waals surface area contributed by atoms with Crippen molar-refractivity contribution in [2.24, 2.45) is 0 Å². The SMILES string of the molecule is CC(CC(C)c1ccc(N([Si](C)(C)C)[Si](C)(C)C)cc1)c1ccccc1. The minimum atomic E-state index is -1.38. The van der Waals surface area contributed by atoms with Crippen LogP contribution in [0.2, 0.25) is 39.3 Å². The molecular weight excluding hydrogens is 346 g/mol. The Morgan fingerprint density at radius 2 is 1.08 bits per heavy atom. The molecule has 0 radical (unpaired) electrons. The van der Waals surface area contributed by atoms with Gasteiger partial charge in [-0.25, -0.2) is 0 Å². The summed E-state index contributed by atoms with van der Waals surface area (Å²) in [5, 5.41) is 0. The van der Waals surface area contributed by atoms with Crippen molar-refractivity contribution in [2.75, 3.05) is 4.23 Å². The number of rotatable bonds is 7. The van der Waals surface area contributed by atoms with Crippen LogP contribution in [0.4, 0.5) is 5.69 Å². The summed E-state index contributed by atoms with van der Waals surface area (Å²) in [6.45, 7) is 19.5. The van der Waals surface area contributed by atoms with E-state index >= 15 is 0 Å². The highest BCUT2D eigenvalue weighted by Gasteiger charge is 2.34. The molecule has 0 aliphatic rings. The van der Waals surface area contributed by atoms with Crippen LogP contribution < -0.4 is 4.23 Å². The largest absolute Gasteiger partial charge is 0.425 e. The van der Waals surface area contributed by atoms with Crippen molar-refractivity contribution in [3.05, 3.63) is 65.7 Å². The zero-order valence-corrected chi connectivity index (χ0v) is 20.0. The highest BCUT2D eigenvalue weighted by atomic mass is 28.4. The maximum absolute atomic E-state index is 2.79. The van der Waals surface area contributed by atoms with E-state index in [0.29, 0.717) is 11.8 Å².